The van der Waals surface area contributed by atoms with Crippen molar-refractivity contribution >= 4 is 28.4 Å². The number of rotatable bonds is 4. The Bertz CT molecular complexity index is 728. The molecule has 1 N–H and O–H groups in total. The Morgan fingerprint density at radius 3 is 2.91 bits per heavy atom. The molecular weight excluding hydrogens is 321 g/mol. The number of nitrogens with zero attached hydrogens (tertiary/aromatic N) is 2. The molecule has 4 heterocycles. The number of nitrogens with one attached hydrogen (secondary N) is 1. The van der Waals surface area contributed by atoms with E-state index in [0.717, 1.165) is 6.54 Å². The lowest BCUT2D eigenvalue weighted by Gasteiger charge is -2.44. The molecule has 7 heteroatoms. The van der Waals surface area contributed by atoms with Gasteiger partial charge in [-0.1, -0.05) is 16.8 Å². The van der Waals surface area contributed by atoms with Gasteiger partial charge in [-0.15, -0.1) is 0 Å². The van der Waals surface area contributed by atoms with Crippen LogP contribution in [0.3, 0.4) is 0 Å². The Balaban J connectivity index is 1.68. The molecule has 3 fully saturated rings. The topological polar surface area (TPSA) is 50.5 Å². The number of fused-ring (bicyclic) bond motifs is 4. The predicted octanol–water partition coefficient (Wildman–Crippen LogP) is 3.53. The first kappa shape index (κ1) is 15.0. The average Bonchev–Trinajstić information content (AvgIpc) is 2.95. The largest absolute Gasteiger partial charge is 0.488 e. The maximum absolute atomic E-state index is 14.1. The van der Waals surface area contributed by atoms with Gasteiger partial charge in [0, 0.05) is 12.6 Å². The molecule has 2 bridgehead atoms. The molecule has 0 saturated carbocycles. The van der Waals surface area contributed by atoms with E-state index in [0.29, 0.717) is 35.4 Å². The van der Waals surface area contributed by atoms with Gasteiger partial charge in [-0.25, -0.2) is 4.39 Å². The maximum Gasteiger partial charge on any atom is 0.212 e. The van der Waals surface area contributed by atoms with Gasteiger partial charge in [-0.05, 0) is 44.8 Å². The highest BCUT2D eigenvalue weighted by Crippen LogP contribution is 2.39. The van der Waals surface area contributed by atoms with Gasteiger partial charge in [0.2, 0.25) is 5.58 Å². The van der Waals surface area contributed by atoms with Crippen LogP contribution >= 0.6 is 11.6 Å². The Morgan fingerprint density at radius 2 is 2.26 bits per heavy atom. The predicted molar refractivity (Wildman–Crippen MR) is 86.7 cm³/mol. The second-order valence-electron chi connectivity index (χ2n) is 6.23. The van der Waals surface area contributed by atoms with E-state index in [9.17, 15) is 4.39 Å². The normalized spacial score (nSPS) is 26.7. The van der Waals surface area contributed by atoms with Crippen molar-refractivity contribution in [1.29, 1.82) is 0 Å². The molecule has 3 aliphatic heterocycles. The molecule has 0 spiro atoms. The van der Waals surface area contributed by atoms with E-state index in [4.69, 9.17) is 20.9 Å². The fourth-order valence-corrected chi connectivity index (χ4v) is 3.87. The highest BCUT2D eigenvalue weighted by molar-refractivity contribution is 6.33. The average molecular weight is 340 g/mol. The van der Waals surface area contributed by atoms with Crippen LogP contribution in [0.2, 0.25) is 5.02 Å². The minimum atomic E-state index is -0.525. The van der Waals surface area contributed by atoms with E-state index >= 15 is 0 Å². The van der Waals surface area contributed by atoms with Gasteiger partial charge >= 0.3 is 0 Å². The Kier molecular flexibility index (Phi) is 3.81. The van der Waals surface area contributed by atoms with E-state index in [2.05, 4.69) is 15.4 Å². The van der Waals surface area contributed by atoms with Crippen molar-refractivity contribution in [2.24, 2.45) is 5.92 Å². The van der Waals surface area contributed by atoms with E-state index in [1.807, 2.05) is 6.92 Å². The van der Waals surface area contributed by atoms with E-state index < -0.39 is 5.82 Å². The van der Waals surface area contributed by atoms with Crippen LogP contribution in [0.25, 0.3) is 11.0 Å². The van der Waals surface area contributed by atoms with Gasteiger partial charge in [-0.3, -0.25) is 0 Å². The number of halogens is 2. The first-order chi connectivity index (χ1) is 11.2. The standard InChI is InChI=1S/C16H19ClFN3O2/c1-2-22-15-13(17)11(18)7-10-14(15)23-20-16(10)19-12-8-21-5-3-9(12)4-6-21/h7,9,12H,2-6,8H2,1H3,(H,19,20)/t12-/m1/s1. The third-order valence-corrected chi connectivity index (χ3v) is 5.23. The Labute approximate surface area is 138 Å². The smallest absolute Gasteiger partial charge is 0.212 e. The molecule has 3 aliphatic rings. The SMILES string of the molecule is CCOc1c(Cl)c(F)cc2c(N[C@@H]3CN4CCC3CC4)noc12. The molecule has 0 radical (unpaired) electrons. The fourth-order valence-electron chi connectivity index (χ4n) is 3.67. The van der Waals surface area contributed by atoms with Crippen molar-refractivity contribution in [3.8, 4) is 5.75 Å². The number of aromatic nitrogens is 1. The third kappa shape index (κ3) is 2.54. The Hall–Kier alpha value is -1.53. The van der Waals surface area contributed by atoms with E-state index in [-0.39, 0.29) is 10.8 Å². The molecule has 1 aromatic heterocycles. The molecule has 23 heavy (non-hydrogen) atoms. The lowest BCUT2D eigenvalue weighted by Crippen LogP contribution is -2.53. The summed E-state index contributed by atoms with van der Waals surface area (Å²) in [4.78, 5) is 2.45. The number of piperidine rings is 3. The second-order valence-corrected chi connectivity index (χ2v) is 6.61. The molecular formula is C16H19ClFN3O2. The second kappa shape index (κ2) is 5.83. The first-order valence-electron chi connectivity index (χ1n) is 8.06. The van der Waals surface area contributed by atoms with Crippen molar-refractivity contribution in [2.45, 2.75) is 25.8 Å². The molecule has 1 atom stereocenters. The zero-order valence-corrected chi connectivity index (χ0v) is 13.7. The van der Waals surface area contributed by atoms with Gasteiger partial charge in [0.05, 0.1) is 12.0 Å². The lowest BCUT2D eigenvalue weighted by atomic mass is 9.84. The monoisotopic (exact) mass is 339 g/mol. The van der Waals surface area contributed by atoms with Crippen molar-refractivity contribution in [1.82, 2.24) is 10.1 Å². The van der Waals surface area contributed by atoms with Gasteiger partial charge in [0.25, 0.3) is 0 Å². The van der Waals surface area contributed by atoms with Crippen molar-refractivity contribution < 1.29 is 13.7 Å². The minimum absolute atomic E-state index is 0.0649. The summed E-state index contributed by atoms with van der Waals surface area (Å²) in [5.41, 5.74) is 0.391. The van der Waals surface area contributed by atoms with Gasteiger partial charge in [-0.2, -0.15) is 0 Å². The van der Waals surface area contributed by atoms with Crippen LogP contribution in [-0.2, 0) is 0 Å². The molecule has 0 aliphatic carbocycles. The summed E-state index contributed by atoms with van der Waals surface area (Å²) < 4.78 is 24.9. The summed E-state index contributed by atoms with van der Waals surface area (Å²) >= 11 is 5.99. The highest BCUT2D eigenvalue weighted by Gasteiger charge is 2.35. The highest BCUT2D eigenvalue weighted by atomic mass is 35.5. The number of hydrogen-bond acceptors (Lipinski definition) is 5. The summed E-state index contributed by atoms with van der Waals surface area (Å²) in [5.74, 6) is 0.895. The van der Waals surface area contributed by atoms with Gasteiger partial charge in [0.15, 0.2) is 11.6 Å². The summed E-state index contributed by atoms with van der Waals surface area (Å²) in [7, 11) is 0. The number of anilines is 1. The molecule has 3 saturated heterocycles. The number of hydrogen-bond donors (Lipinski definition) is 1. The van der Waals surface area contributed by atoms with Crippen LogP contribution in [0.1, 0.15) is 19.8 Å². The van der Waals surface area contributed by atoms with Crippen molar-refractivity contribution in [2.75, 3.05) is 31.6 Å². The van der Waals surface area contributed by atoms with Gasteiger partial charge in [0.1, 0.15) is 10.8 Å². The molecule has 2 aromatic rings. The summed E-state index contributed by atoms with van der Waals surface area (Å²) in [6.45, 7) is 5.52. The summed E-state index contributed by atoms with van der Waals surface area (Å²) in [6, 6.07) is 1.68. The van der Waals surface area contributed by atoms with Crippen LogP contribution in [0.5, 0.6) is 5.75 Å². The minimum Gasteiger partial charge on any atom is -0.488 e. The first-order valence-corrected chi connectivity index (χ1v) is 8.44. The zero-order chi connectivity index (χ0) is 16.0. The Morgan fingerprint density at radius 1 is 1.48 bits per heavy atom. The third-order valence-electron chi connectivity index (χ3n) is 4.88. The quantitative estimate of drug-likeness (QED) is 0.923. The molecule has 124 valence electrons. The van der Waals surface area contributed by atoms with E-state index in [1.165, 1.54) is 32.0 Å². The van der Waals surface area contributed by atoms with Crippen LogP contribution < -0.4 is 10.1 Å². The van der Waals surface area contributed by atoms with E-state index in [1.54, 1.807) is 0 Å². The van der Waals surface area contributed by atoms with Crippen LogP contribution in [0.4, 0.5) is 10.2 Å². The lowest BCUT2D eigenvalue weighted by molar-refractivity contribution is 0.0973. The summed E-state index contributed by atoms with van der Waals surface area (Å²) in [5, 5.41) is 8.04. The molecule has 0 amide bonds. The van der Waals surface area contributed by atoms with Crippen LogP contribution in [0, 0.1) is 11.7 Å². The number of benzene rings is 1. The van der Waals surface area contributed by atoms with Gasteiger partial charge < -0.3 is 19.5 Å². The van der Waals surface area contributed by atoms with Crippen LogP contribution in [-0.4, -0.2) is 42.3 Å². The number of ether oxygens (including phenoxy) is 1. The van der Waals surface area contributed by atoms with Crippen molar-refractivity contribution in [3.63, 3.8) is 0 Å². The summed E-state index contributed by atoms with van der Waals surface area (Å²) in [6.07, 6.45) is 2.38. The van der Waals surface area contributed by atoms with Crippen LogP contribution in [0.15, 0.2) is 10.6 Å². The zero-order valence-electron chi connectivity index (χ0n) is 12.9. The molecule has 0 unspecified atom stereocenters. The van der Waals surface area contributed by atoms with Crippen molar-refractivity contribution in [3.05, 3.63) is 16.9 Å². The molecule has 5 nitrogen and oxygen atoms in total. The fraction of sp³-hybridized carbons (Fsp3) is 0.562. The molecule has 1 aromatic carbocycles. The maximum atomic E-state index is 14.1. The molecule has 5 rings (SSSR count).